The second-order valence-corrected chi connectivity index (χ2v) is 6.43. The van der Waals surface area contributed by atoms with Gasteiger partial charge in [-0.1, -0.05) is 41.5 Å². The molecule has 0 unspecified atom stereocenters. The quantitative estimate of drug-likeness (QED) is 0.814. The summed E-state index contributed by atoms with van der Waals surface area (Å²) in [6.45, 7) is 12.6. The summed E-state index contributed by atoms with van der Waals surface area (Å²) in [6, 6.07) is 0. The molecule has 0 aliphatic rings. The van der Waals surface area contributed by atoms with Crippen LogP contribution in [-0.4, -0.2) is 13.0 Å². The van der Waals surface area contributed by atoms with E-state index in [0.29, 0.717) is 5.56 Å². The zero-order valence-electron chi connectivity index (χ0n) is 11.9. The molecule has 1 aromatic rings. The van der Waals surface area contributed by atoms with Crippen LogP contribution in [0.5, 0.6) is 0 Å². The van der Waals surface area contributed by atoms with Crippen LogP contribution in [0, 0.1) is 0 Å². The van der Waals surface area contributed by atoms with Crippen molar-refractivity contribution in [3.8, 4) is 0 Å². The van der Waals surface area contributed by atoms with Crippen molar-refractivity contribution in [1.82, 2.24) is 5.32 Å². The number of carbonyl (C=O) groups excluding carboxylic acids is 1. The topological polar surface area (TPSA) is 42.2 Å². The van der Waals surface area contributed by atoms with Gasteiger partial charge in [-0.05, 0) is 5.41 Å². The Morgan fingerprint density at radius 2 is 1.65 bits per heavy atom. The molecule has 0 atom stereocenters. The molecule has 0 fully saturated rings. The first-order valence-electron chi connectivity index (χ1n) is 5.93. The Labute approximate surface area is 104 Å². The fourth-order valence-electron chi connectivity index (χ4n) is 1.96. The molecular formula is C14H23NO2. The number of hydrogen-bond acceptors (Lipinski definition) is 2. The van der Waals surface area contributed by atoms with E-state index in [2.05, 4.69) is 46.9 Å². The third-order valence-electron chi connectivity index (χ3n) is 2.69. The van der Waals surface area contributed by atoms with Gasteiger partial charge in [0.05, 0.1) is 5.56 Å². The average Bonchev–Trinajstić information content (AvgIpc) is 2.59. The molecule has 0 bridgehead atoms. The summed E-state index contributed by atoms with van der Waals surface area (Å²) in [7, 11) is 1.64. The molecule has 3 heteroatoms. The predicted molar refractivity (Wildman–Crippen MR) is 69.5 cm³/mol. The summed E-state index contributed by atoms with van der Waals surface area (Å²) in [5, 5.41) is 2.66. The molecule has 0 spiro atoms. The lowest BCUT2D eigenvalue weighted by Crippen LogP contribution is -2.26. The van der Waals surface area contributed by atoms with Gasteiger partial charge < -0.3 is 9.73 Å². The SMILES string of the molecule is CNC(=O)c1coc(C(C)(C)C)c1C(C)(C)C. The van der Waals surface area contributed by atoms with Gasteiger partial charge in [0.2, 0.25) is 0 Å². The Hall–Kier alpha value is -1.25. The van der Waals surface area contributed by atoms with Gasteiger partial charge in [-0.3, -0.25) is 4.79 Å². The lowest BCUT2D eigenvalue weighted by Gasteiger charge is -2.25. The first kappa shape index (κ1) is 13.8. The summed E-state index contributed by atoms with van der Waals surface area (Å²) >= 11 is 0. The second kappa shape index (κ2) is 4.21. The van der Waals surface area contributed by atoms with Crippen LogP contribution in [-0.2, 0) is 10.8 Å². The summed E-state index contributed by atoms with van der Waals surface area (Å²) < 4.78 is 5.65. The van der Waals surface area contributed by atoms with E-state index in [0.717, 1.165) is 11.3 Å². The molecule has 0 saturated heterocycles. The van der Waals surface area contributed by atoms with Gasteiger partial charge in [0.25, 0.3) is 5.91 Å². The van der Waals surface area contributed by atoms with Crippen molar-refractivity contribution in [2.45, 2.75) is 52.4 Å². The van der Waals surface area contributed by atoms with Gasteiger partial charge in [-0.25, -0.2) is 0 Å². The second-order valence-electron chi connectivity index (χ2n) is 6.43. The minimum absolute atomic E-state index is 0.0887. The maximum absolute atomic E-state index is 11.9. The summed E-state index contributed by atoms with van der Waals surface area (Å²) in [6.07, 6.45) is 1.57. The fraction of sp³-hybridized carbons (Fsp3) is 0.643. The van der Waals surface area contributed by atoms with E-state index in [1.165, 1.54) is 0 Å². The Kier molecular flexibility index (Phi) is 3.42. The molecule has 0 aliphatic heterocycles. The number of carbonyl (C=O) groups is 1. The molecule has 17 heavy (non-hydrogen) atoms. The van der Waals surface area contributed by atoms with Crippen molar-refractivity contribution >= 4 is 5.91 Å². The number of furan rings is 1. The molecule has 1 aromatic heterocycles. The summed E-state index contributed by atoms with van der Waals surface area (Å²) in [4.78, 5) is 11.9. The minimum atomic E-state index is -0.114. The zero-order valence-corrected chi connectivity index (χ0v) is 11.9. The highest BCUT2D eigenvalue weighted by Crippen LogP contribution is 2.37. The van der Waals surface area contributed by atoms with Crippen molar-refractivity contribution in [2.75, 3.05) is 7.05 Å². The minimum Gasteiger partial charge on any atom is -0.468 e. The molecule has 1 N–H and O–H groups in total. The van der Waals surface area contributed by atoms with Gasteiger partial charge >= 0.3 is 0 Å². The maximum atomic E-state index is 11.9. The van der Waals surface area contributed by atoms with Crippen LogP contribution in [0.3, 0.4) is 0 Å². The highest BCUT2D eigenvalue weighted by Gasteiger charge is 2.33. The number of nitrogens with one attached hydrogen (secondary N) is 1. The van der Waals surface area contributed by atoms with Gasteiger partial charge in [0, 0.05) is 18.0 Å². The van der Waals surface area contributed by atoms with Crippen molar-refractivity contribution in [3.05, 3.63) is 23.2 Å². The van der Waals surface area contributed by atoms with Crippen LogP contribution in [0.25, 0.3) is 0 Å². The fourth-order valence-corrected chi connectivity index (χ4v) is 1.96. The normalized spacial score (nSPS) is 12.6. The lowest BCUT2D eigenvalue weighted by atomic mass is 9.78. The molecule has 96 valence electrons. The van der Waals surface area contributed by atoms with Crippen LogP contribution in [0.4, 0.5) is 0 Å². The first-order valence-corrected chi connectivity index (χ1v) is 5.93. The smallest absolute Gasteiger partial charge is 0.254 e. The van der Waals surface area contributed by atoms with Crippen LogP contribution in [0.1, 0.15) is 63.2 Å². The number of rotatable bonds is 1. The van der Waals surface area contributed by atoms with Crippen molar-refractivity contribution < 1.29 is 9.21 Å². The largest absolute Gasteiger partial charge is 0.468 e. The van der Waals surface area contributed by atoms with Crippen LogP contribution >= 0.6 is 0 Å². The molecule has 1 heterocycles. The molecule has 0 saturated carbocycles. The summed E-state index contributed by atoms with van der Waals surface area (Å²) in [5.41, 5.74) is 1.43. The Bertz CT molecular complexity index is 416. The van der Waals surface area contributed by atoms with Crippen LogP contribution < -0.4 is 5.32 Å². The molecule has 0 radical (unpaired) electrons. The Balaban J connectivity index is 3.47. The standard InChI is InChI=1S/C14H23NO2/c1-13(2,3)10-9(12(16)15-7)8-17-11(10)14(4,5)6/h8H,1-7H3,(H,15,16). The summed E-state index contributed by atoms with van der Waals surface area (Å²) in [5.74, 6) is 0.803. The molecule has 1 amide bonds. The maximum Gasteiger partial charge on any atom is 0.254 e. The van der Waals surface area contributed by atoms with Gasteiger partial charge in [-0.2, -0.15) is 0 Å². The van der Waals surface area contributed by atoms with Crippen molar-refractivity contribution in [1.29, 1.82) is 0 Å². The van der Waals surface area contributed by atoms with E-state index in [-0.39, 0.29) is 16.7 Å². The van der Waals surface area contributed by atoms with E-state index >= 15 is 0 Å². The van der Waals surface area contributed by atoms with E-state index in [4.69, 9.17) is 4.42 Å². The van der Waals surface area contributed by atoms with E-state index in [1.54, 1.807) is 13.3 Å². The van der Waals surface area contributed by atoms with Crippen molar-refractivity contribution in [3.63, 3.8) is 0 Å². The van der Waals surface area contributed by atoms with E-state index < -0.39 is 0 Å². The first-order chi connectivity index (χ1) is 7.59. The van der Waals surface area contributed by atoms with Gasteiger partial charge in [-0.15, -0.1) is 0 Å². The third-order valence-corrected chi connectivity index (χ3v) is 2.69. The zero-order chi connectivity index (χ0) is 13.4. The average molecular weight is 237 g/mol. The number of amides is 1. The Morgan fingerprint density at radius 1 is 1.12 bits per heavy atom. The molecule has 0 aliphatic carbocycles. The lowest BCUT2D eigenvalue weighted by molar-refractivity contribution is 0.0960. The molecule has 0 aromatic carbocycles. The molecular weight excluding hydrogens is 214 g/mol. The highest BCUT2D eigenvalue weighted by molar-refractivity contribution is 5.95. The third kappa shape index (κ3) is 2.71. The van der Waals surface area contributed by atoms with E-state index in [1.807, 2.05) is 0 Å². The van der Waals surface area contributed by atoms with Crippen LogP contribution in [0.15, 0.2) is 10.7 Å². The monoisotopic (exact) mass is 237 g/mol. The Morgan fingerprint density at radius 3 is 2.00 bits per heavy atom. The molecule has 1 rings (SSSR count). The highest BCUT2D eigenvalue weighted by atomic mass is 16.3. The number of hydrogen-bond donors (Lipinski definition) is 1. The van der Waals surface area contributed by atoms with Crippen molar-refractivity contribution in [2.24, 2.45) is 0 Å². The molecule has 3 nitrogen and oxygen atoms in total. The van der Waals surface area contributed by atoms with E-state index in [9.17, 15) is 4.79 Å². The van der Waals surface area contributed by atoms with Crippen LogP contribution in [0.2, 0.25) is 0 Å². The predicted octanol–water partition coefficient (Wildman–Crippen LogP) is 3.23. The van der Waals surface area contributed by atoms with Gasteiger partial charge in [0.1, 0.15) is 12.0 Å². The van der Waals surface area contributed by atoms with Gasteiger partial charge in [0.15, 0.2) is 0 Å².